The van der Waals surface area contributed by atoms with Crippen LogP contribution >= 0.6 is 23.5 Å². The van der Waals surface area contributed by atoms with E-state index in [4.69, 9.17) is 5.73 Å². The van der Waals surface area contributed by atoms with Crippen LogP contribution in [0.25, 0.3) is 0 Å². The van der Waals surface area contributed by atoms with Gasteiger partial charge >= 0.3 is 6.03 Å². The molecule has 0 radical (unpaired) electrons. The molecule has 27 heteroatoms. The van der Waals surface area contributed by atoms with Crippen molar-refractivity contribution in [2.24, 2.45) is 17.6 Å². The fourth-order valence-corrected chi connectivity index (χ4v) is 14.8. The Kier molecular flexibility index (Phi) is 30.7. The number of nitrogens with one attached hydrogen (secondary N) is 11. The maximum atomic E-state index is 14.3. The number of hydrogen-bond donors (Lipinski definition) is 12. The van der Waals surface area contributed by atoms with Gasteiger partial charge in [0.05, 0.1) is 12.1 Å². The van der Waals surface area contributed by atoms with Gasteiger partial charge in [-0.1, -0.05) is 33.1 Å². The van der Waals surface area contributed by atoms with Gasteiger partial charge in [0.1, 0.15) is 18.1 Å². The number of imide groups is 1. The molecule has 25 nitrogen and oxygen atoms in total. The van der Waals surface area contributed by atoms with E-state index in [0.29, 0.717) is 126 Å². The fourth-order valence-electron chi connectivity index (χ4n) is 11.5. The normalized spacial score (nSPS) is 24.2. The summed E-state index contributed by atoms with van der Waals surface area (Å²) in [6.45, 7) is 5.64. The van der Waals surface area contributed by atoms with Crippen LogP contribution in [-0.2, 0) is 52.7 Å². The number of carbonyl (C=O) groups is 12. The summed E-state index contributed by atoms with van der Waals surface area (Å²) in [6.07, 6.45) is 14.3. The number of primary amides is 1. The fraction of sp³-hybridized carbons (Fsp3) is 0.754. The van der Waals surface area contributed by atoms with E-state index >= 15 is 0 Å². The number of unbranched alkanes of at least 4 members (excludes halogenated alkanes) is 6. The minimum Gasteiger partial charge on any atom is -0.368 e. The van der Waals surface area contributed by atoms with Gasteiger partial charge in [-0.25, -0.2) is 4.79 Å². The number of fused-ring (bicyclic) bond motifs is 1. The van der Waals surface area contributed by atoms with Crippen LogP contribution in [0.2, 0.25) is 0 Å². The zero-order valence-electron chi connectivity index (χ0n) is 49.0. The molecular formula is C57H93N13O12S2. The lowest BCUT2D eigenvalue weighted by Gasteiger charge is -2.25. The molecule has 0 aromatic carbocycles. The molecule has 0 saturated carbocycles. The lowest BCUT2D eigenvalue weighted by molar-refractivity contribution is -0.138. The van der Waals surface area contributed by atoms with Crippen LogP contribution < -0.4 is 64.2 Å². The van der Waals surface area contributed by atoms with E-state index in [1.165, 1.54) is 0 Å². The van der Waals surface area contributed by atoms with Crippen LogP contribution in [0.3, 0.4) is 0 Å². The van der Waals surface area contributed by atoms with Gasteiger partial charge in [-0.05, 0) is 120 Å². The highest BCUT2D eigenvalue weighted by Gasteiger charge is 2.42. The third-order valence-electron chi connectivity index (χ3n) is 16.4. The molecule has 5 aliphatic rings. The molecule has 0 aromatic heterocycles. The van der Waals surface area contributed by atoms with Crippen molar-refractivity contribution in [3.8, 4) is 0 Å². The molecule has 4 fully saturated rings. The standard InChI is InChI=1S/C57H93N13O12S2/c1-36-32-83-43(51(36)63-34-71)19-4-7-22-46(74)59-27-12-9-16-39(54(58)79)66-56(81)41(18-11-14-29-60-45(73)21-6-3-15-38-53-42(31-62-38)68-57(82)69-53)67-55(80)40(65-48(76)26-30-70-49(77)24-25-50(70)78)17-10-13-28-61-47(75)23-8-5-20-44-52(64-35-72)37(2)33-84-44/h24-25,34-44,51-53,62H,3-23,26-33H2,1-2H3,(H2,58,79)(H,59,74)(H,60,73)(H,61,75)(H,63,71)(H,64,72)(H,65,76)(H,66,81)(H,67,80)(H2,68,69,82). The maximum absolute atomic E-state index is 14.3. The van der Waals surface area contributed by atoms with Crippen LogP contribution in [0.1, 0.15) is 155 Å². The second kappa shape index (κ2) is 37.5. The largest absolute Gasteiger partial charge is 0.368 e. The van der Waals surface area contributed by atoms with Gasteiger partial charge in [0.15, 0.2) is 0 Å². The van der Waals surface area contributed by atoms with E-state index in [9.17, 15) is 57.5 Å². The molecule has 0 bridgehead atoms. The van der Waals surface area contributed by atoms with Gasteiger partial charge in [-0.3, -0.25) is 57.6 Å². The number of amides is 13. The van der Waals surface area contributed by atoms with E-state index in [1.54, 1.807) is 0 Å². The van der Waals surface area contributed by atoms with Crippen molar-refractivity contribution in [1.82, 2.24) is 63.4 Å². The second-order valence-electron chi connectivity index (χ2n) is 22.9. The average Bonchev–Trinajstić information content (AvgIpc) is 4.03. The van der Waals surface area contributed by atoms with Crippen LogP contribution in [0, 0.1) is 11.8 Å². The summed E-state index contributed by atoms with van der Waals surface area (Å²) >= 11 is 3.69. The monoisotopic (exact) mass is 1220 g/mol. The highest BCUT2D eigenvalue weighted by molar-refractivity contribution is 8.00. The summed E-state index contributed by atoms with van der Waals surface area (Å²) < 4.78 is 0. The van der Waals surface area contributed by atoms with E-state index in [-0.39, 0.29) is 86.2 Å². The number of rotatable bonds is 43. The molecule has 0 aromatic rings. The molecule has 5 heterocycles. The second-order valence-corrected chi connectivity index (χ2v) is 25.5. The molecule has 13 amide bonds. The quantitative estimate of drug-likeness (QED) is 0.0225. The maximum Gasteiger partial charge on any atom is 0.315 e. The van der Waals surface area contributed by atoms with Crippen LogP contribution in [0.5, 0.6) is 0 Å². The van der Waals surface area contributed by atoms with Crippen molar-refractivity contribution in [3.05, 3.63) is 12.2 Å². The summed E-state index contributed by atoms with van der Waals surface area (Å²) in [4.78, 5) is 152. The van der Waals surface area contributed by atoms with Gasteiger partial charge < -0.3 is 64.2 Å². The summed E-state index contributed by atoms with van der Waals surface area (Å²) in [5.41, 5.74) is 5.80. The van der Waals surface area contributed by atoms with Crippen LogP contribution in [-0.4, -0.2) is 180 Å². The Balaban J connectivity index is 1.12. The molecular weight excluding hydrogens is 1120 g/mol. The third-order valence-corrected chi connectivity index (χ3v) is 19.7. The summed E-state index contributed by atoms with van der Waals surface area (Å²) in [6, 6.07) is -3.23. The molecule has 84 heavy (non-hydrogen) atoms. The Morgan fingerprint density at radius 2 is 1.04 bits per heavy atom. The number of nitrogens with zero attached hydrogens (tertiary/aromatic N) is 1. The van der Waals surface area contributed by atoms with Gasteiger partial charge in [0.2, 0.25) is 54.2 Å². The third kappa shape index (κ3) is 23.8. The molecule has 5 rings (SSSR count). The number of carbonyl (C=O) groups excluding carboxylic acids is 12. The van der Waals surface area contributed by atoms with Crippen molar-refractivity contribution in [3.63, 3.8) is 0 Å². The molecule has 12 unspecified atom stereocenters. The van der Waals surface area contributed by atoms with E-state index < -0.39 is 53.6 Å². The van der Waals surface area contributed by atoms with E-state index in [0.717, 1.165) is 79.9 Å². The van der Waals surface area contributed by atoms with Gasteiger partial charge in [-0.2, -0.15) is 23.5 Å². The Bertz CT molecular complexity index is 2250. The number of hydrogen-bond acceptors (Lipinski definition) is 15. The minimum atomic E-state index is -1.21. The Morgan fingerprint density at radius 1 is 0.583 bits per heavy atom. The zero-order valence-corrected chi connectivity index (χ0v) is 50.6. The Labute approximate surface area is 502 Å². The summed E-state index contributed by atoms with van der Waals surface area (Å²) in [7, 11) is 0. The first-order valence-electron chi connectivity index (χ1n) is 30.4. The van der Waals surface area contributed by atoms with Crippen molar-refractivity contribution < 1.29 is 57.5 Å². The lowest BCUT2D eigenvalue weighted by atomic mass is 9.97. The SMILES string of the molecule is CC1CSC(CCCCC(=O)NCCCCC(NC(=O)C(CCCCNC(=O)CCCCC2NCC3NC(=O)NC23)NC(=O)C(CCCCNC(=O)CCCCC2SCC(C)C2NC=O)NC(=O)CCN2C(=O)C=CC2=O)C(N)=O)C1NC=O. The van der Waals surface area contributed by atoms with Crippen molar-refractivity contribution in [1.29, 1.82) is 0 Å². The van der Waals surface area contributed by atoms with Gasteiger partial charge in [-0.15, -0.1) is 0 Å². The van der Waals surface area contributed by atoms with Crippen molar-refractivity contribution in [2.45, 2.75) is 214 Å². The Morgan fingerprint density at radius 3 is 1.51 bits per heavy atom. The lowest BCUT2D eigenvalue weighted by Crippen LogP contribution is -2.56. The van der Waals surface area contributed by atoms with Gasteiger partial charge in [0.25, 0.3) is 11.8 Å². The zero-order chi connectivity index (χ0) is 60.8. The Hall–Kier alpha value is -5.96. The molecule has 0 spiro atoms. The number of thioether (sulfide) groups is 2. The summed E-state index contributed by atoms with van der Waals surface area (Å²) in [5, 5.41) is 32.7. The van der Waals surface area contributed by atoms with Crippen LogP contribution in [0.15, 0.2) is 12.2 Å². The predicted octanol–water partition coefficient (Wildman–Crippen LogP) is 0.536. The van der Waals surface area contributed by atoms with Gasteiger partial charge in [0, 0.05) is 99.2 Å². The average molecular weight is 1220 g/mol. The molecule has 5 aliphatic heterocycles. The molecule has 13 N–H and O–H groups in total. The van der Waals surface area contributed by atoms with Crippen LogP contribution in [0.4, 0.5) is 4.79 Å². The highest BCUT2D eigenvalue weighted by Crippen LogP contribution is 2.35. The molecule has 4 saturated heterocycles. The topological polar surface area (TPSA) is 366 Å². The highest BCUT2D eigenvalue weighted by atomic mass is 32.2. The van der Waals surface area contributed by atoms with E-state index in [1.807, 2.05) is 23.5 Å². The first-order valence-corrected chi connectivity index (χ1v) is 32.5. The van der Waals surface area contributed by atoms with Crippen molar-refractivity contribution >= 4 is 95.5 Å². The number of nitrogens with two attached hydrogens (primary N) is 1. The van der Waals surface area contributed by atoms with E-state index in [2.05, 4.69) is 72.3 Å². The molecule has 12 atom stereocenters. The first kappa shape index (κ1) is 68.8. The van der Waals surface area contributed by atoms with Crippen molar-refractivity contribution in [2.75, 3.05) is 44.2 Å². The smallest absolute Gasteiger partial charge is 0.315 e. The predicted molar refractivity (Wildman–Crippen MR) is 319 cm³/mol. The first-order chi connectivity index (χ1) is 40.5. The minimum absolute atomic E-state index is 0.0222. The summed E-state index contributed by atoms with van der Waals surface area (Å²) in [5.74, 6) is -1.59. The molecule has 470 valence electrons. The number of urea groups is 1. The molecule has 0 aliphatic carbocycles.